The standard InChI is InChI=1S/C14H22N6O2/c1-19(9-10-21-2)13-14(20-7-5-3-4-6-8-20)16-12-11(15-13)17-22-18-12/h3-10H2,1-2H3. The predicted molar refractivity (Wildman–Crippen MR) is 83.2 cm³/mol. The Labute approximate surface area is 129 Å². The number of hydrogen-bond donors (Lipinski definition) is 0. The van der Waals surface area contributed by atoms with Gasteiger partial charge in [0.2, 0.25) is 11.3 Å². The van der Waals surface area contributed by atoms with E-state index in [2.05, 4.69) is 25.2 Å². The molecule has 0 N–H and O–H groups in total. The fourth-order valence-corrected chi connectivity index (χ4v) is 2.71. The highest BCUT2D eigenvalue weighted by molar-refractivity contribution is 5.74. The first-order valence-electron chi connectivity index (χ1n) is 7.75. The van der Waals surface area contributed by atoms with E-state index in [1.807, 2.05) is 11.9 Å². The summed E-state index contributed by atoms with van der Waals surface area (Å²) in [6.45, 7) is 3.36. The molecule has 0 saturated carbocycles. The number of ether oxygens (including phenoxy) is 1. The number of aromatic nitrogens is 4. The molecule has 22 heavy (non-hydrogen) atoms. The van der Waals surface area contributed by atoms with Crippen LogP contribution >= 0.6 is 0 Å². The summed E-state index contributed by atoms with van der Waals surface area (Å²) in [7, 11) is 3.68. The van der Waals surface area contributed by atoms with Crippen LogP contribution in [0.1, 0.15) is 25.7 Å². The third-order valence-electron chi connectivity index (χ3n) is 3.98. The van der Waals surface area contributed by atoms with Gasteiger partial charge < -0.3 is 14.5 Å². The van der Waals surface area contributed by atoms with Gasteiger partial charge in [0, 0.05) is 33.8 Å². The van der Waals surface area contributed by atoms with E-state index in [0.29, 0.717) is 17.9 Å². The maximum absolute atomic E-state index is 5.16. The smallest absolute Gasteiger partial charge is 0.245 e. The summed E-state index contributed by atoms with van der Waals surface area (Å²) in [5.41, 5.74) is 0.904. The maximum atomic E-state index is 5.16. The zero-order valence-electron chi connectivity index (χ0n) is 13.2. The van der Waals surface area contributed by atoms with Crippen LogP contribution in [0.5, 0.6) is 0 Å². The Morgan fingerprint density at radius 2 is 1.77 bits per heavy atom. The minimum absolute atomic E-state index is 0.442. The summed E-state index contributed by atoms with van der Waals surface area (Å²) >= 11 is 0. The van der Waals surface area contributed by atoms with Crippen molar-refractivity contribution in [2.45, 2.75) is 25.7 Å². The Morgan fingerprint density at radius 3 is 2.45 bits per heavy atom. The largest absolute Gasteiger partial charge is 0.383 e. The minimum Gasteiger partial charge on any atom is -0.383 e. The Bertz CT molecular complexity index is 608. The molecule has 1 aliphatic heterocycles. The normalized spacial score (nSPS) is 16.0. The molecule has 0 aromatic carbocycles. The molecule has 0 atom stereocenters. The molecule has 0 aliphatic carbocycles. The number of hydrogen-bond acceptors (Lipinski definition) is 8. The first-order valence-corrected chi connectivity index (χ1v) is 7.75. The molecule has 0 spiro atoms. The second-order valence-corrected chi connectivity index (χ2v) is 5.60. The molecule has 0 amide bonds. The summed E-state index contributed by atoms with van der Waals surface area (Å²) in [6.07, 6.45) is 4.90. The van der Waals surface area contributed by atoms with Crippen LogP contribution in [-0.4, -0.2) is 60.7 Å². The van der Waals surface area contributed by atoms with Crippen LogP contribution in [0.3, 0.4) is 0 Å². The van der Waals surface area contributed by atoms with Crippen molar-refractivity contribution in [1.29, 1.82) is 0 Å². The van der Waals surface area contributed by atoms with Crippen molar-refractivity contribution in [1.82, 2.24) is 20.3 Å². The number of rotatable bonds is 5. The lowest BCUT2D eigenvalue weighted by Gasteiger charge is -2.27. The Kier molecular flexibility index (Phi) is 4.67. The van der Waals surface area contributed by atoms with E-state index < -0.39 is 0 Å². The van der Waals surface area contributed by atoms with Gasteiger partial charge in [-0.3, -0.25) is 0 Å². The molecule has 0 bridgehead atoms. The van der Waals surface area contributed by atoms with Gasteiger partial charge in [-0.2, -0.15) is 0 Å². The molecule has 8 heteroatoms. The molecule has 1 fully saturated rings. The van der Waals surface area contributed by atoms with Crippen molar-refractivity contribution >= 4 is 22.9 Å². The average molecular weight is 306 g/mol. The molecule has 0 radical (unpaired) electrons. The zero-order chi connectivity index (χ0) is 15.4. The fraction of sp³-hybridized carbons (Fsp3) is 0.714. The molecule has 2 aromatic rings. The number of anilines is 2. The van der Waals surface area contributed by atoms with Crippen LogP contribution in [0, 0.1) is 0 Å². The average Bonchev–Trinajstić information content (AvgIpc) is 2.82. The quantitative estimate of drug-likeness (QED) is 0.821. The lowest BCUT2D eigenvalue weighted by atomic mass is 10.2. The van der Waals surface area contributed by atoms with Crippen molar-refractivity contribution in [2.75, 3.05) is 50.2 Å². The molecule has 3 heterocycles. The molecule has 1 saturated heterocycles. The van der Waals surface area contributed by atoms with Crippen LogP contribution in [0.25, 0.3) is 11.3 Å². The van der Waals surface area contributed by atoms with Crippen LogP contribution in [0.4, 0.5) is 11.6 Å². The number of nitrogens with zero attached hydrogens (tertiary/aromatic N) is 6. The van der Waals surface area contributed by atoms with E-state index in [4.69, 9.17) is 9.37 Å². The summed E-state index contributed by atoms with van der Waals surface area (Å²) in [5.74, 6) is 1.67. The van der Waals surface area contributed by atoms with Crippen molar-refractivity contribution in [3.05, 3.63) is 0 Å². The first-order chi connectivity index (χ1) is 10.8. The zero-order valence-corrected chi connectivity index (χ0v) is 13.2. The maximum Gasteiger partial charge on any atom is 0.245 e. The van der Waals surface area contributed by atoms with Crippen molar-refractivity contribution in [3.8, 4) is 0 Å². The Balaban J connectivity index is 1.96. The molecule has 3 rings (SSSR count). The molecule has 1 aliphatic rings. The van der Waals surface area contributed by atoms with E-state index in [1.54, 1.807) is 7.11 Å². The van der Waals surface area contributed by atoms with E-state index in [1.165, 1.54) is 25.7 Å². The summed E-state index contributed by atoms with van der Waals surface area (Å²) in [6, 6.07) is 0. The van der Waals surface area contributed by atoms with E-state index in [9.17, 15) is 0 Å². The summed E-state index contributed by atoms with van der Waals surface area (Å²) in [5, 5.41) is 7.64. The third-order valence-corrected chi connectivity index (χ3v) is 3.98. The lowest BCUT2D eigenvalue weighted by molar-refractivity contribution is 0.206. The second-order valence-electron chi connectivity index (χ2n) is 5.60. The Hall–Kier alpha value is -1.96. The summed E-state index contributed by atoms with van der Waals surface area (Å²) < 4.78 is 9.92. The van der Waals surface area contributed by atoms with Crippen LogP contribution in [-0.2, 0) is 4.74 Å². The first kappa shape index (κ1) is 15.0. The van der Waals surface area contributed by atoms with Gasteiger partial charge in [0.1, 0.15) is 0 Å². The molecule has 120 valence electrons. The molecule has 0 unspecified atom stereocenters. The monoisotopic (exact) mass is 306 g/mol. The summed E-state index contributed by atoms with van der Waals surface area (Å²) in [4.78, 5) is 13.6. The predicted octanol–water partition coefficient (Wildman–Crippen LogP) is 1.48. The van der Waals surface area contributed by atoms with Gasteiger partial charge in [-0.25, -0.2) is 14.6 Å². The highest BCUT2D eigenvalue weighted by Crippen LogP contribution is 2.28. The SMILES string of the molecule is COCCN(C)c1nc2nonc2nc1N1CCCCCC1. The second kappa shape index (κ2) is 6.87. The third kappa shape index (κ3) is 3.11. The van der Waals surface area contributed by atoms with Crippen LogP contribution in [0.15, 0.2) is 4.63 Å². The van der Waals surface area contributed by atoms with Gasteiger partial charge in [0.25, 0.3) is 0 Å². The van der Waals surface area contributed by atoms with Crippen molar-refractivity contribution in [2.24, 2.45) is 0 Å². The van der Waals surface area contributed by atoms with Crippen molar-refractivity contribution in [3.63, 3.8) is 0 Å². The fourth-order valence-electron chi connectivity index (χ4n) is 2.71. The van der Waals surface area contributed by atoms with Gasteiger partial charge in [-0.1, -0.05) is 12.8 Å². The van der Waals surface area contributed by atoms with Gasteiger partial charge >= 0.3 is 0 Å². The van der Waals surface area contributed by atoms with Gasteiger partial charge in [0.15, 0.2) is 11.6 Å². The van der Waals surface area contributed by atoms with E-state index >= 15 is 0 Å². The number of likely N-dealkylation sites (N-methyl/N-ethyl adjacent to an activating group) is 1. The highest BCUT2D eigenvalue weighted by atomic mass is 16.6. The van der Waals surface area contributed by atoms with Crippen LogP contribution < -0.4 is 9.80 Å². The lowest BCUT2D eigenvalue weighted by Crippen LogP contribution is -2.30. The van der Waals surface area contributed by atoms with Gasteiger partial charge in [-0.15, -0.1) is 0 Å². The van der Waals surface area contributed by atoms with E-state index in [-0.39, 0.29) is 0 Å². The topological polar surface area (TPSA) is 80.4 Å². The molecular formula is C14H22N6O2. The van der Waals surface area contributed by atoms with Gasteiger partial charge in [-0.05, 0) is 23.2 Å². The number of methoxy groups -OCH3 is 1. The molecule has 2 aromatic heterocycles. The molecule has 8 nitrogen and oxygen atoms in total. The van der Waals surface area contributed by atoms with E-state index in [0.717, 1.165) is 31.3 Å². The Morgan fingerprint density at radius 1 is 1.09 bits per heavy atom. The molecular weight excluding hydrogens is 284 g/mol. The van der Waals surface area contributed by atoms with Crippen molar-refractivity contribution < 1.29 is 9.37 Å². The van der Waals surface area contributed by atoms with Gasteiger partial charge in [0.05, 0.1) is 6.61 Å². The highest BCUT2D eigenvalue weighted by Gasteiger charge is 2.21. The van der Waals surface area contributed by atoms with Crippen LogP contribution in [0.2, 0.25) is 0 Å². The number of fused-ring (bicyclic) bond motifs is 1. The minimum atomic E-state index is 0.442.